The van der Waals surface area contributed by atoms with Gasteiger partial charge in [0.2, 0.25) is 11.8 Å². The van der Waals surface area contributed by atoms with Crippen molar-refractivity contribution < 1.29 is 9.59 Å². The molecular weight excluding hydrogens is 372 g/mol. The van der Waals surface area contributed by atoms with Crippen LogP contribution in [0.4, 0.5) is 5.13 Å². The van der Waals surface area contributed by atoms with E-state index in [1.807, 2.05) is 58.6 Å². The molecule has 2 aliphatic rings. The molecule has 0 saturated carbocycles. The van der Waals surface area contributed by atoms with Gasteiger partial charge in [0.25, 0.3) is 0 Å². The van der Waals surface area contributed by atoms with Gasteiger partial charge >= 0.3 is 0 Å². The number of piperazine rings is 1. The van der Waals surface area contributed by atoms with Crippen molar-refractivity contribution in [3.63, 3.8) is 0 Å². The molecule has 3 heterocycles. The summed E-state index contributed by atoms with van der Waals surface area (Å²) >= 11 is 1.64. The van der Waals surface area contributed by atoms with E-state index in [2.05, 4.69) is 9.88 Å². The van der Waals surface area contributed by atoms with Gasteiger partial charge in [0, 0.05) is 50.7 Å². The maximum atomic E-state index is 13.5. The van der Waals surface area contributed by atoms with Crippen LogP contribution in [0.1, 0.15) is 31.4 Å². The van der Waals surface area contributed by atoms with Gasteiger partial charge < -0.3 is 14.7 Å². The molecule has 0 N–H and O–H groups in total. The van der Waals surface area contributed by atoms with E-state index in [9.17, 15) is 9.59 Å². The van der Waals surface area contributed by atoms with E-state index in [4.69, 9.17) is 0 Å². The van der Waals surface area contributed by atoms with E-state index in [-0.39, 0.29) is 23.8 Å². The predicted octanol–water partition coefficient (Wildman–Crippen LogP) is 2.79. The van der Waals surface area contributed by atoms with Crippen molar-refractivity contribution in [1.29, 1.82) is 0 Å². The van der Waals surface area contributed by atoms with Gasteiger partial charge in [-0.1, -0.05) is 30.3 Å². The van der Waals surface area contributed by atoms with Crippen molar-refractivity contribution >= 4 is 28.3 Å². The van der Waals surface area contributed by atoms with Gasteiger partial charge in [-0.2, -0.15) is 0 Å². The lowest BCUT2D eigenvalue weighted by Crippen LogP contribution is -2.54. The Morgan fingerprint density at radius 2 is 1.93 bits per heavy atom. The third-order valence-corrected chi connectivity index (χ3v) is 6.62. The summed E-state index contributed by atoms with van der Waals surface area (Å²) < 4.78 is 0. The Bertz CT molecular complexity index is 803. The number of carbonyl (C=O) groups excluding carboxylic acids is 2. The average molecular weight is 399 g/mol. The largest absolute Gasteiger partial charge is 0.345 e. The highest BCUT2D eigenvalue weighted by Crippen LogP contribution is 2.38. The molecule has 0 bridgehead atoms. The summed E-state index contributed by atoms with van der Waals surface area (Å²) in [7, 11) is 0. The number of benzene rings is 1. The first kappa shape index (κ1) is 18.9. The van der Waals surface area contributed by atoms with E-state index in [1.165, 1.54) is 0 Å². The summed E-state index contributed by atoms with van der Waals surface area (Å²) in [5.41, 5.74) is 1.05. The lowest BCUT2D eigenvalue weighted by molar-refractivity contribution is -0.148. The van der Waals surface area contributed by atoms with E-state index < -0.39 is 0 Å². The van der Waals surface area contributed by atoms with Crippen LogP contribution in [0.15, 0.2) is 41.9 Å². The molecule has 7 heteroatoms. The van der Waals surface area contributed by atoms with Crippen molar-refractivity contribution in [2.45, 2.75) is 25.8 Å². The Kier molecular flexibility index (Phi) is 5.62. The van der Waals surface area contributed by atoms with Crippen LogP contribution in [-0.2, 0) is 9.59 Å². The standard InChI is InChI=1S/C21H26N4O2S/c1-2-25-18(26)9-8-17(19(25)16-6-4-3-5-7-16)20(27)23-11-13-24(14-12-23)21-22-10-15-28-21/h3-7,10,15,17,19H,2,8-9,11-14H2,1H3/t17-,19+/m1/s1. The number of thiazole rings is 1. The van der Waals surface area contributed by atoms with Crippen LogP contribution in [0.5, 0.6) is 0 Å². The van der Waals surface area contributed by atoms with Gasteiger partial charge in [-0.15, -0.1) is 11.3 Å². The van der Waals surface area contributed by atoms with E-state index in [1.54, 1.807) is 11.3 Å². The molecule has 2 aromatic rings. The number of aromatic nitrogens is 1. The van der Waals surface area contributed by atoms with Crippen molar-refractivity contribution in [1.82, 2.24) is 14.8 Å². The fourth-order valence-corrected chi connectivity index (χ4v) is 5.07. The molecule has 4 rings (SSSR count). The molecule has 2 atom stereocenters. The topological polar surface area (TPSA) is 56.8 Å². The minimum absolute atomic E-state index is 0.147. The van der Waals surface area contributed by atoms with Gasteiger partial charge in [-0.25, -0.2) is 4.98 Å². The highest BCUT2D eigenvalue weighted by Gasteiger charge is 2.41. The van der Waals surface area contributed by atoms with Crippen molar-refractivity contribution in [2.75, 3.05) is 37.6 Å². The fourth-order valence-electron chi connectivity index (χ4n) is 4.37. The van der Waals surface area contributed by atoms with Gasteiger partial charge in [-0.3, -0.25) is 9.59 Å². The number of anilines is 1. The van der Waals surface area contributed by atoms with Crippen molar-refractivity contribution in [3.8, 4) is 0 Å². The number of amides is 2. The van der Waals surface area contributed by atoms with Crippen LogP contribution in [-0.4, -0.2) is 59.3 Å². The number of piperidine rings is 1. The van der Waals surface area contributed by atoms with Crippen molar-refractivity contribution in [2.24, 2.45) is 5.92 Å². The second-order valence-corrected chi connectivity index (χ2v) is 8.18. The minimum atomic E-state index is -0.175. The summed E-state index contributed by atoms with van der Waals surface area (Å²) in [6.07, 6.45) is 2.90. The second-order valence-electron chi connectivity index (χ2n) is 7.31. The minimum Gasteiger partial charge on any atom is -0.345 e. The van der Waals surface area contributed by atoms with E-state index in [0.29, 0.717) is 32.5 Å². The van der Waals surface area contributed by atoms with Gasteiger partial charge in [-0.05, 0) is 18.9 Å². The van der Waals surface area contributed by atoms with Crippen LogP contribution in [0.3, 0.4) is 0 Å². The molecule has 0 radical (unpaired) electrons. The summed E-state index contributed by atoms with van der Waals surface area (Å²) in [5, 5.41) is 3.00. The summed E-state index contributed by atoms with van der Waals surface area (Å²) in [4.78, 5) is 36.5. The molecule has 148 valence electrons. The van der Waals surface area contributed by atoms with E-state index in [0.717, 1.165) is 23.8 Å². The SMILES string of the molecule is CCN1C(=O)CC[C@@H](C(=O)N2CCN(c3nccs3)CC2)[C@@H]1c1ccccc1. The third-order valence-electron chi connectivity index (χ3n) is 5.79. The summed E-state index contributed by atoms with van der Waals surface area (Å²) in [6, 6.07) is 9.84. The number of hydrogen-bond donors (Lipinski definition) is 0. The lowest BCUT2D eigenvalue weighted by atomic mass is 9.83. The van der Waals surface area contributed by atoms with Gasteiger partial charge in [0.1, 0.15) is 0 Å². The monoisotopic (exact) mass is 398 g/mol. The molecule has 0 unspecified atom stereocenters. The van der Waals surface area contributed by atoms with Gasteiger partial charge in [0.05, 0.1) is 12.0 Å². The molecule has 1 aromatic carbocycles. The molecule has 6 nitrogen and oxygen atoms in total. The molecular formula is C21H26N4O2S. The maximum absolute atomic E-state index is 13.5. The number of hydrogen-bond acceptors (Lipinski definition) is 5. The van der Waals surface area contributed by atoms with Crippen LogP contribution in [0.25, 0.3) is 0 Å². The van der Waals surface area contributed by atoms with Crippen LogP contribution < -0.4 is 4.90 Å². The highest BCUT2D eigenvalue weighted by atomic mass is 32.1. The Balaban J connectivity index is 1.51. The molecule has 2 saturated heterocycles. The lowest BCUT2D eigenvalue weighted by Gasteiger charge is -2.43. The number of rotatable bonds is 4. The van der Waals surface area contributed by atoms with Crippen LogP contribution >= 0.6 is 11.3 Å². The zero-order chi connectivity index (χ0) is 19.5. The van der Waals surface area contributed by atoms with Gasteiger partial charge in [0.15, 0.2) is 5.13 Å². The second kappa shape index (κ2) is 8.31. The number of nitrogens with zero attached hydrogens (tertiary/aromatic N) is 4. The Hall–Kier alpha value is -2.41. The molecule has 2 fully saturated rings. The zero-order valence-electron chi connectivity index (χ0n) is 16.2. The summed E-state index contributed by atoms with van der Waals surface area (Å²) in [5.74, 6) is 0.152. The highest BCUT2D eigenvalue weighted by molar-refractivity contribution is 7.13. The number of likely N-dealkylation sites (tertiary alicyclic amines) is 1. The molecule has 2 aliphatic heterocycles. The summed E-state index contributed by atoms with van der Waals surface area (Å²) in [6.45, 7) is 5.64. The molecule has 2 amide bonds. The first-order chi connectivity index (χ1) is 13.7. The maximum Gasteiger partial charge on any atom is 0.228 e. The van der Waals surface area contributed by atoms with E-state index >= 15 is 0 Å². The predicted molar refractivity (Wildman–Crippen MR) is 110 cm³/mol. The Morgan fingerprint density at radius 3 is 2.57 bits per heavy atom. The number of carbonyl (C=O) groups is 2. The molecule has 28 heavy (non-hydrogen) atoms. The first-order valence-corrected chi connectivity index (χ1v) is 10.8. The molecule has 0 spiro atoms. The zero-order valence-corrected chi connectivity index (χ0v) is 17.0. The fraction of sp³-hybridized carbons (Fsp3) is 0.476. The third kappa shape index (κ3) is 3.63. The Labute approximate surface area is 169 Å². The van der Waals surface area contributed by atoms with Crippen LogP contribution in [0.2, 0.25) is 0 Å². The molecule has 0 aliphatic carbocycles. The Morgan fingerprint density at radius 1 is 1.18 bits per heavy atom. The van der Waals surface area contributed by atoms with Crippen LogP contribution in [0, 0.1) is 5.92 Å². The molecule has 1 aromatic heterocycles. The smallest absolute Gasteiger partial charge is 0.228 e. The quantitative estimate of drug-likeness (QED) is 0.795. The first-order valence-electron chi connectivity index (χ1n) is 9.96. The average Bonchev–Trinajstić information content (AvgIpc) is 3.28. The normalized spacial score (nSPS) is 23.2. The van der Waals surface area contributed by atoms with Crippen molar-refractivity contribution in [3.05, 3.63) is 47.5 Å².